The van der Waals surface area contributed by atoms with Crippen LogP contribution in [0.15, 0.2) is 5.16 Å². The van der Waals surface area contributed by atoms with Crippen molar-refractivity contribution in [2.24, 2.45) is 5.41 Å². The van der Waals surface area contributed by atoms with Crippen LogP contribution in [0.5, 0.6) is 0 Å². The second kappa shape index (κ2) is 4.29. The van der Waals surface area contributed by atoms with Gasteiger partial charge in [0.05, 0.1) is 6.04 Å². The van der Waals surface area contributed by atoms with Crippen LogP contribution in [0, 0.1) is 5.41 Å². The molecule has 6 heteroatoms. The minimum absolute atomic E-state index is 0.505. The first-order valence-electron chi connectivity index (χ1n) is 5.80. The Kier molecular flexibility index (Phi) is 2.96. The van der Waals surface area contributed by atoms with Crippen LogP contribution in [0.2, 0.25) is 0 Å². The molecule has 2 fully saturated rings. The van der Waals surface area contributed by atoms with Crippen molar-refractivity contribution in [2.45, 2.75) is 43.3 Å². The second-order valence-corrected chi connectivity index (χ2v) is 6.42. The van der Waals surface area contributed by atoms with E-state index in [1.54, 1.807) is 0 Å². The van der Waals surface area contributed by atoms with Gasteiger partial charge in [-0.25, -0.2) is 4.68 Å². The van der Waals surface area contributed by atoms with Crippen LogP contribution in [0.25, 0.3) is 0 Å². The number of alkyl halides is 1. The van der Waals surface area contributed by atoms with Gasteiger partial charge in [-0.05, 0) is 41.5 Å². The fraction of sp³-hybridized carbons (Fsp3) is 0.900. The largest absolute Gasteiger partial charge is 0.217 e. The first-order chi connectivity index (χ1) is 7.83. The van der Waals surface area contributed by atoms with Gasteiger partial charge in [0.25, 0.3) is 0 Å². The average Bonchev–Trinajstić information content (AvgIpc) is 2.98. The molecule has 2 aliphatic carbocycles. The monoisotopic (exact) mass is 302 g/mol. The van der Waals surface area contributed by atoms with E-state index in [-0.39, 0.29) is 0 Å². The van der Waals surface area contributed by atoms with E-state index >= 15 is 0 Å². The Bertz CT molecular complexity index is 367. The maximum atomic E-state index is 4.12. The van der Waals surface area contributed by atoms with Crippen molar-refractivity contribution >= 4 is 27.7 Å². The molecular formula is C10H15BrN4S. The molecule has 1 heterocycles. The summed E-state index contributed by atoms with van der Waals surface area (Å²) in [5, 5.41) is 14.1. The molecule has 88 valence electrons. The third-order valence-corrected chi connectivity index (χ3v) is 6.03. The highest BCUT2D eigenvalue weighted by Crippen LogP contribution is 2.46. The number of aromatic nitrogens is 4. The highest BCUT2D eigenvalue weighted by Gasteiger charge is 2.37. The lowest BCUT2D eigenvalue weighted by Gasteiger charge is -2.40. The van der Waals surface area contributed by atoms with Crippen molar-refractivity contribution in [1.29, 1.82) is 0 Å². The molecule has 2 aliphatic rings. The van der Waals surface area contributed by atoms with E-state index in [0.717, 1.165) is 16.2 Å². The predicted octanol–water partition coefficient (Wildman–Crippen LogP) is 2.67. The van der Waals surface area contributed by atoms with E-state index in [1.165, 1.54) is 32.1 Å². The Morgan fingerprint density at radius 2 is 2.25 bits per heavy atom. The SMILES string of the molecule is BrCC1(CSc2nnnn2C2CC2)CCC1. The molecule has 0 atom stereocenters. The van der Waals surface area contributed by atoms with E-state index in [9.17, 15) is 0 Å². The van der Waals surface area contributed by atoms with Crippen molar-refractivity contribution in [3.8, 4) is 0 Å². The summed E-state index contributed by atoms with van der Waals surface area (Å²) in [5.74, 6) is 1.14. The van der Waals surface area contributed by atoms with Gasteiger partial charge < -0.3 is 0 Å². The number of halogens is 1. The summed E-state index contributed by atoms with van der Waals surface area (Å²) < 4.78 is 2.01. The van der Waals surface area contributed by atoms with Gasteiger partial charge in [0.1, 0.15) is 0 Å². The van der Waals surface area contributed by atoms with Gasteiger partial charge >= 0.3 is 0 Å². The maximum Gasteiger partial charge on any atom is 0.209 e. The molecule has 3 rings (SSSR count). The highest BCUT2D eigenvalue weighted by molar-refractivity contribution is 9.09. The molecule has 0 aromatic carbocycles. The summed E-state index contributed by atoms with van der Waals surface area (Å²) in [6, 6.07) is 0.582. The van der Waals surface area contributed by atoms with Gasteiger partial charge in [-0.1, -0.05) is 34.1 Å². The van der Waals surface area contributed by atoms with Gasteiger partial charge in [0.2, 0.25) is 5.16 Å². The summed E-state index contributed by atoms with van der Waals surface area (Å²) >= 11 is 5.46. The highest BCUT2D eigenvalue weighted by atomic mass is 79.9. The van der Waals surface area contributed by atoms with Crippen LogP contribution in [0.1, 0.15) is 38.1 Å². The van der Waals surface area contributed by atoms with E-state index in [2.05, 4.69) is 31.5 Å². The number of thioether (sulfide) groups is 1. The molecule has 0 unspecified atom stereocenters. The summed E-state index contributed by atoms with van der Waals surface area (Å²) in [6.07, 6.45) is 6.54. The Labute approximate surface area is 108 Å². The summed E-state index contributed by atoms with van der Waals surface area (Å²) in [5.41, 5.74) is 0.505. The summed E-state index contributed by atoms with van der Waals surface area (Å²) in [6.45, 7) is 0. The molecule has 0 saturated heterocycles. The fourth-order valence-electron chi connectivity index (χ4n) is 2.04. The van der Waals surface area contributed by atoms with Crippen LogP contribution in [-0.2, 0) is 0 Å². The molecule has 0 aliphatic heterocycles. The molecule has 1 aromatic heterocycles. The number of rotatable bonds is 5. The van der Waals surface area contributed by atoms with Crippen molar-refractivity contribution in [1.82, 2.24) is 20.2 Å². The molecule has 0 radical (unpaired) electrons. The molecule has 0 spiro atoms. The van der Waals surface area contributed by atoms with Crippen molar-refractivity contribution in [3.05, 3.63) is 0 Å². The van der Waals surface area contributed by atoms with Crippen molar-refractivity contribution < 1.29 is 0 Å². The topological polar surface area (TPSA) is 43.6 Å². The zero-order valence-corrected chi connectivity index (χ0v) is 11.5. The molecule has 0 N–H and O–H groups in total. The van der Waals surface area contributed by atoms with Crippen LogP contribution in [0.3, 0.4) is 0 Å². The van der Waals surface area contributed by atoms with Gasteiger partial charge in [0, 0.05) is 11.1 Å². The zero-order valence-electron chi connectivity index (χ0n) is 9.10. The van der Waals surface area contributed by atoms with Crippen LogP contribution < -0.4 is 0 Å². The van der Waals surface area contributed by atoms with Gasteiger partial charge in [-0.15, -0.1) is 5.10 Å². The minimum atomic E-state index is 0.505. The first kappa shape index (κ1) is 11.0. The van der Waals surface area contributed by atoms with E-state index in [0.29, 0.717) is 11.5 Å². The number of hydrogen-bond acceptors (Lipinski definition) is 4. The number of hydrogen-bond donors (Lipinski definition) is 0. The van der Waals surface area contributed by atoms with Crippen molar-refractivity contribution in [3.63, 3.8) is 0 Å². The van der Waals surface area contributed by atoms with Crippen LogP contribution in [0.4, 0.5) is 0 Å². The molecule has 16 heavy (non-hydrogen) atoms. The molecule has 4 nitrogen and oxygen atoms in total. The maximum absolute atomic E-state index is 4.12. The Balaban J connectivity index is 1.63. The van der Waals surface area contributed by atoms with Crippen LogP contribution >= 0.6 is 27.7 Å². The van der Waals surface area contributed by atoms with E-state index < -0.39 is 0 Å². The normalized spacial score (nSPS) is 23.1. The van der Waals surface area contributed by atoms with E-state index in [1.807, 2.05) is 16.4 Å². The molecule has 1 aromatic rings. The zero-order chi connectivity index (χ0) is 11.0. The Morgan fingerprint density at radius 1 is 1.44 bits per heavy atom. The van der Waals surface area contributed by atoms with E-state index in [4.69, 9.17) is 0 Å². The lowest BCUT2D eigenvalue weighted by molar-refractivity contribution is 0.206. The number of tetrazole rings is 1. The predicted molar refractivity (Wildman–Crippen MR) is 66.9 cm³/mol. The lowest BCUT2D eigenvalue weighted by Crippen LogP contribution is -2.33. The third-order valence-electron chi connectivity index (χ3n) is 3.56. The van der Waals surface area contributed by atoms with Gasteiger partial charge in [0.15, 0.2) is 0 Å². The van der Waals surface area contributed by atoms with Crippen molar-refractivity contribution in [2.75, 3.05) is 11.1 Å². The Hall–Kier alpha value is -0.100. The first-order valence-corrected chi connectivity index (χ1v) is 7.90. The fourth-order valence-corrected chi connectivity index (χ4v) is 4.30. The smallest absolute Gasteiger partial charge is 0.209 e. The van der Waals surface area contributed by atoms with Gasteiger partial charge in [-0.3, -0.25) is 0 Å². The standard InChI is InChI=1S/C10H15BrN4S/c11-6-10(4-1-5-10)7-16-9-12-13-14-15(9)8-2-3-8/h8H,1-7H2. The molecule has 0 amide bonds. The quantitative estimate of drug-likeness (QED) is 0.619. The summed E-state index contributed by atoms with van der Waals surface area (Å²) in [4.78, 5) is 0. The molecule has 2 saturated carbocycles. The van der Waals surface area contributed by atoms with Gasteiger partial charge in [-0.2, -0.15) is 0 Å². The number of nitrogens with zero attached hydrogens (tertiary/aromatic N) is 4. The molecular weight excluding hydrogens is 288 g/mol. The Morgan fingerprint density at radius 3 is 2.81 bits per heavy atom. The minimum Gasteiger partial charge on any atom is -0.217 e. The lowest BCUT2D eigenvalue weighted by atomic mass is 9.72. The molecule has 0 bridgehead atoms. The summed E-state index contributed by atoms with van der Waals surface area (Å²) in [7, 11) is 0. The third kappa shape index (κ3) is 2.01. The van der Waals surface area contributed by atoms with Crippen LogP contribution in [-0.4, -0.2) is 31.3 Å². The second-order valence-electron chi connectivity index (χ2n) is 4.91. The average molecular weight is 303 g/mol.